The molecule has 136 valence electrons. The number of nitrogens with two attached hydrogens (primary N) is 1. The van der Waals surface area contributed by atoms with E-state index in [9.17, 15) is 14.4 Å². The standard InChI is InChI=1S/C16H26N2O5S/c1-16(2)8-10(16)13(19)18-12(15(22)23)6-4-3-5-7-24-9-11(17)14(20)21/h6,10-11H,3-5,7-9,17H2,1-2H3,(H,18,19)(H,20,21)(H,22,23)/b12-6+/t10-,11-/m1/s1. The van der Waals surface area contributed by atoms with Crippen molar-refractivity contribution in [3.05, 3.63) is 11.8 Å². The first-order valence-corrected chi connectivity index (χ1v) is 9.11. The number of thioether (sulfide) groups is 1. The smallest absolute Gasteiger partial charge is 0.352 e. The second-order valence-electron chi connectivity index (χ2n) is 6.67. The molecule has 1 amide bonds. The molecule has 1 fully saturated rings. The highest BCUT2D eigenvalue weighted by Crippen LogP contribution is 2.51. The molecular formula is C16H26N2O5S. The number of unbranched alkanes of at least 4 members (excludes halogenated alkanes) is 2. The van der Waals surface area contributed by atoms with Gasteiger partial charge in [-0.25, -0.2) is 4.79 Å². The molecule has 0 aromatic carbocycles. The molecule has 2 atom stereocenters. The fourth-order valence-electron chi connectivity index (χ4n) is 2.20. The predicted molar refractivity (Wildman–Crippen MR) is 92.5 cm³/mol. The molecule has 0 heterocycles. The Morgan fingerprint density at radius 3 is 2.46 bits per heavy atom. The number of nitrogens with one attached hydrogen (secondary N) is 1. The quantitative estimate of drug-likeness (QED) is 0.325. The Balaban J connectivity index is 2.25. The Labute approximate surface area is 146 Å². The minimum absolute atomic E-state index is 0.0400. The van der Waals surface area contributed by atoms with Crippen LogP contribution >= 0.6 is 11.8 Å². The van der Waals surface area contributed by atoms with Crippen LogP contribution in [0.4, 0.5) is 0 Å². The van der Waals surface area contributed by atoms with Crippen LogP contribution in [0.3, 0.4) is 0 Å². The zero-order chi connectivity index (χ0) is 18.3. The van der Waals surface area contributed by atoms with Gasteiger partial charge in [0.1, 0.15) is 11.7 Å². The fourth-order valence-corrected chi connectivity index (χ4v) is 3.17. The van der Waals surface area contributed by atoms with Gasteiger partial charge in [-0.2, -0.15) is 11.8 Å². The van der Waals surface area contributed by atoms with Gasteiger partial charge in [0.15, 0.2) is 0 Å². The van der Waals surface area contributed by atoms with E-state index in [1.54, 1.807) is 0 Å². The molecular weight excluding hydrogens is 332 g/mol. The molecule has 8 heteroatoms. The molecule has 0 aromatic rings. The van der Waals surface area contributed by atoms with Crippen molar-refractivity contribution >= 4 is 29.6 Å². The minimum atomic E-state index is -1.14. The minimum Gasteiger partial charge on any atom is -0.480 e. The van der Waals surface area contributed by atoms with Gasteiger partial charge in [0.05, 0.1) is 0 Å². The van der Waals surface area contributed by atoms with E-state index in [0.717, 1.165) is 25.0 Å². The van der Waals surface area contributed by atoms with Crippen LogP contribution in [0.2, 0.25) is 0 Å². The number of allylic oxidation sites excluding steroid dienone is 1. The summed E-state index contributed by atoms with van der Waals surface area (Å²) in [5.41, 5.74) is 5.28. The first-order chi connectivity index (χ1) is 11.1. The second kappa shape index (κ2) is 9.08. The summed E-state index contributed by atoms with van der Waals surface area (Å²) in [6, 6.07) is -0.851. The molecule has 0 unspecified atom stereocenters. The van der Waals surface area contributed by atoms with Crippen LogP contribution in [0.1, 0.15) is 39.5 Å². The van der Waals surface area contributed by atoms with Crippen molar-refractivity contribution < 1.29 is 24.6 Å². The van der Waals surface area contributed by atoms with E-state index < -0.39 is 18.0 Å². The summed E-state index contributed by atoms with van der Waals surface area (Å²) in [6.07, 6.45) is 4.44. The first kappa shape index (κ1) is 20.5. The maximum absolute atomic E-state index is 12.0. The van der Waals surface area contributed by atoms with Crippen LogP contribution < -0.4 is 11.1 Å². The third-order valence-electron chi connectivity index (χ3n) is 4.02. The largest absolute Gasteiger partial charge is 0.480 e. The highest BCUT2D eigenvalue weighted by Gasteiger charge is 2.50. The Morgan fingerprint density at radius 1 is 1.33 bits per heavy atom. The third-order valence-corrected chi connectivity index (χ3v) is 5.20. The summed E-state index contributed by atoms with van der Waals surface area (Å²) in [5.74, 6) is -1.37. The number of amides is 1. The van der Waals surface area contributed by atoms with Gasteiger partial charge in [0.2, 0.25) is 5.91 Å². The monoisotopic (exact) mass is 358 g/mol. The van der Waals surface area contributed by atoms with Crippen molar-refractivity contribution in [2.75, 3.05) is 11.5 Å². The molecule has 1 rings (SSSR count). The topological polar surface area (TPSA) is 130 Å². The van der Waals surface area contributed by atoms with E-state index >= 15 is 0 Å². The fraction of sp³-hybridized carbons (Fsp3) is 0.688. The lowest BCUT2D eigenvalue weighted by molar-refractivity contribution is -0.138. The van der Waals surface area contributed by atoms with Crippen molar-refractivity contribution in [2.24, 2.45) is 17.1 Å². The van der Waals surface area contributed by atoms with Crippen LogP contribution in [-0.2, 0) is 14.4 Å². The molecule has 0 aliphatic heterocycles. The Morgan fingerprint density at radius 2 is 1.96 bits per heavy atom. The number of rotatable bonds is 11. The molecule has 24 heavy (non-hydrogen) atoms. The summed E-state index contributed by atoms with van der Waals surface area (Å²) in [6.45, 7) is 3.96. The number of aliphatic carboxylic acids is 2. The van der Waals surface area contributed by atoms with E-state index in [2.05, 4.69) is 5.32 Å². The molecule has 0 saturated heterocycles. The highest BCUT2D eigenvalue weighted by molar-refractivity contribution is 7.99. The Hall–Kier alpha value is -1.54. The number of carboxylic acids is 2. The molecule has 0 bridgehead atoms. The first-order valence-electron chi connectivity index (χ1n) is 7.95. The number of hydrogen-bond acceptors (Lipinski definition) is 5. The molecule has 1 aliphatic rings. The SMILES string of the molecule is CC1(C)C[C@@H]1C(=O)N/C(=C/CCCCSC[C@@H](N)C(=O)O)C(=O)O. The van der Waals surface area contributed by atoms with Gasteiger partial charge in [-0.05, 0) is 36.9 Å². The van der Waals surface area contributed by atoms with Gasteiger partial charge in [-0.15, -0.1) is 0 Å². The molecule has 1 aliphatic carbocycles. The van der Waals surface area contributed by atoms with Gasteiger partial charge >= 0.3 is 11.9 Å². The summed E-state index contributed by atoms with van der Waals surface area (Å²) < 4.78 is 0. The number of carbonyl (C=O) groups excluding carboxylic acids is 1. The molecule has 0 radical (unpaired) electrons. The Bertz CT molecular complexity index is 519. The van der Waals surface area contributed by atoms with Crippen molar-refractivity contribution in [1.82, 2.24) is 5.32 Å². The lowest BCUT2D eigenvalue weighted by atomic mass is 10.1. The predicted octanol–water partition coefficient (Wildman–Crippen LogP) is 1.43. The normalized spacial score (nSPS) is 20.3. The van der Waals surface area contributed by atoms with E-state index in [1.165, 1.54) is 17.8 Å². The number of hydrogen-bond donors (Lipinski definition) is 4. The van der Waals surface area contributed by atoms with Crippen molar-refractivity contribution in [1.29, 1.82) is 0 Å². The zero-order valence-corrected chi connectivity index (χ0v) is 14.9. The summed E-state index contributed by atoms with van der Waals surface area (Å²) >= 11 is 1.46. The van der Waals surface area contributed by atoms with Gasteiger partial charge in [0, 0.05) is 11.7 Å². The Kier molecular flexibility index (Phi) is 7.75. The van der Waals surface area contributed by atoms with Gasteiger partial charge in [-0.1, -0.05) is 19.9 Å². The molecule has 5 N–H and O–H groups in total. The van der Waals surface area contributed by atoms with Gasteiger partial charge in [0.25, 0.3) is 0 Å². The zero-order valence-electron chi connectivity index (χ0n) is 14.1. The average molecular weight is 358 g/mol. The number of carboxylic acid groups (broad SMARTS) is 2. The van der Waals surface area contributed by atoms with Crippen LogP contribution in [0.25, 0.3) is 0 Å². The molecule has 0 aromatic heterocycles. The molecule has 1 saturated carbocycles. The van der Waals surface area contributed by atoms with Crippen molar-refractivity contribution in [2.45, 2.75) is 45.6 Å². The van der Waals surface area contributed by atoms with E-state index in [0.29, 0.717) is 12.2 Å². The maximum Gasteiger partial charge on any atom is 0.352 e. The summed E-state index contributed by atoms with van der Waals surface area (Å²) in [7, 11) is 0. The van der Waals surface area contributed by atoms with Crippen LogP contribution in [-0.4, -0.2) is 45.6 Å². The maximum atomic E-state index is 12.0. The lowest BCUT2D eigenvalue weighted by Gasteiger charge is -2.08. The second-order valence-corrected chi connectivity index (χ2v) is 7.82. The molecule has 0 spiro atoms. The van der Waals surface area contributed by atoms with Crippen molar-refractivity contribution in [3.8, 4) is 0 Å². The molecule has 7 nitrogen and oxygen atoms in total. The third kappa shape index (κ3) is 6.92. The van der Waals surface area contributed by atoms with Gasteiger partial charge in [-0.3, -0.25) is 9.59 Å². The van der Waals surface area contributed by atoms with Crippen LogP contribution in [0.15, 0.2) is 11.8 Å². The number of carbonyl (C=O) groups is 3. The van der Waals surface area contributed by atoms with E-state index in [4.69, 9.17) is 15.9 Å². The lowest BCUT2D eigenvalue weighted by Crippen LogP contribution is -2.32. The summed E-state index contributed by atoms with van der Waals surface area (Å²) in [5, 5.41) is 20.3. The highest BCUT2D eigenvalue weighted by atomic mass is 32.2. The average Bonchev–Trinajstić information content (AvgIpc) is 3.13. The summed E-state index contributed by atoms with van der Waals surface area (Å²) in [4.78, 5) is 33.7. The van der Waals surface area contributed by atoms with Crippen LogP contribution in [0, 0.1) is 11.3 Å². The van der Waals surface area contributed by atoms with E-state index in [-0.39, 0.29) is 22.9 Å². The van der Waals surface area contributed by atoms with Crippen molar-refractivity contribution in [3.63, 3.8) is 0 Å². The van der Waals surface area contributed by atoms with E-state index in [1.807, 2.05) is 13.8 Å². The van der Waals surface area contributed by atoms with Crippen LogP contribution in [0.5, 0.6) is 0 Å². The van der Waals surface area contributed by atoms with Gasteiger partial charge < -0.3 is 21.3 Å².